The van der Waals surface area contributed by atoms with Crippen molar-refractivity contribution < 1.29 is 4.79 Å². The van der Waals surface area contributed by atoms with E-state index in [1.54, 1.807) is 0 Å². The minimum absolute atomic E-state index is 0.249. The van der Waals surface area contributed by atoms with Gasteiger partial charge in [-0.3, -0.25) is 4.79 Å². The second-order valence-electron chi connectivity index (χ2n) is 4.59. The number of hydrogen-bond acceptors (Lipinski definition) is 3. The van der Waals surface area contributed by atoms with Crippen molar-refractivity contribution in [1.29, 1.82) is 0 Å². The normalized spacial score (nSPS) is 29.3. The molecule has 0 spiro atoms. The van der Waals surface area contributed by atoms with E-state index >= 15 is 0 Å². The molecule has 80 valence electrons. The van der Waals surface area contributed by atoms with Crippen LogP contribution in [0.25, 0.3) is 0 Å². The van der Waals surface area contributed by atoms with Gasteiger partial charge < -0.3 is 15.5 Å². The molecule has 0 aromatic heterocycles. The van der Waals surface area contributed by atoms with Crippen LogP contribution in [0.2, 0.25) is 0 Å². The summed E-state index contributed by atoms with van der Waals surface area (Å²) in [4.78, 5) is 16.1. The van der Waals surface area contributed by atoms with Crippen LogP contribution in [0.15, 0.2) is 0 Å². The van der Waals surface area contributed by atoms with Gasteiger partial charge in [-0.2, -0.15) is 0 Å². The summed E-state index contributed by atoms with van der Waals surface area (Å²) in [6.07, 6.45) is 1.03. The Morgan fingerprint density at radius 3 is 2.64 bits per heavy atom. The van der Waals surface area contributed by atoms with Crippen LogP contribution in [0.4, 0.5) is 0 Å². The fourth-order valence-electron chi connectivity index (χ4n) is 2.29. The molecule has 2 aliphatic rings. The Morgan fingerprint density at radius 2 is 2.14 bits per heavy atom. The van der Waals surface area contributed by atoms with Gasteiger partial charge in [0.25, 0.3) is 0 Å². The van der Waals surface area contributed by atoms with Crippen molar-refractivity contribution in [2.24, 2.45) is 17.6 Å². The lowest BCUT2D eigenvalue weighted by Crippen LogP contribution is -2.54. The van der Waals surface area contributed by atoms with E-state index in [1.165, 1.54) is 0 Å². The van der Waals surface area contributed by atoms with Gasteiger partial charge >= 0.3 is 0 Å². The van der Waals surface area contributed by atoms with Crippen LogP contribution >= 0.6 is 0 Å². The summed E-state index contributed by atoms with van der Waals surface area (Å²) in [6.45, 7) is 4.48. The largest absolute Gasteiger partial charge is 0.342 e. The van der Waals surface area contributed by atoms with Gasteiger partial charge in [0.1, 0.15) is 0 Å². The van der Waals surface area contributed by atoms with Crippen molar-refractivity contribution in [1.82, 2.24) is 9.80 Å². The molecule has 2 heterocycles. The Labute approximate surface area is 85.0 Å². The molecule has 0 saturated carbocycles. The van der Waals surface area contributed by atoms with Crippen LogP contribution in [-0.4, -0.2) is 55.5 Å². The summed E-state index contributed by atoms with van der Waals surface area (Å²) in [5.74, 6) is 1.15. The number of nitrogens with zero attached hydrogens (tertiary/aromatic N) is 2. The van der Waals surface area contributed by atoms with Gasteiger partial charge in [-0.05, 0) is 26.6 Å². The second-order valence-corrected chi connectivity index (χ2v) is 4.59. The van der Waals surface area contributed by atoms with E-state index in [1.807, 2.05) is 4.90 Å². The summed E-state index contributed by atoms with van der Waals surface area (Å²) in [7, 11) is 2.08. The molecule has 2 N–H and O–H groups in total. The quantitative estimate of drug-likeness (QED) is 0.640. The summed E-state index contributed by atoms with van der Waals surface area (Å²) in [5.41, 5.74) is 5.53. The third-order valence-corrected chi connectivity index (χ3v) is 3.34. The fraction of sp³-hybridized carbons (Fsp3) is 0.900. The van der Waals surface area contributed by atoms with Gasteiger partial charge in [0.05, 0.1) is 5.92 Å². The average molecular weight is 197 g/mol. The lowest BCUT2D eigenvalue weighted by atomic mass is 9.97. The first-order valence-electron chi connectivity index (χ1n) is 5.38. The van der Waals surface area contributed by atoms with E-state index in [0.29, 0.717) is 18.4 Å². The Kier molecular flexibility index (Phi) is 2.74. The molecule has 2 fully saturated rings. The Bertz CT molecular complexity index is 225. The Balaban J connectivity index is 1.79. The van der Waals surface area contributed by atoms with E-state index < -0.39 is 0 Å². The van der Waals surface area contributed by atoms with Crippen LogP contribution in [0.3, 0.4) is 0 Å². The van der Waals surface area contributed by atoms with Gasteiger partial charge in [-0.1, -0.05) is 0 Å². The molecule has 0 bridgehead atoms. The lowest BCUT2D eigenvalue weighted by molar-refractivity contribution is -0.141. The van der Waals surface area contributed by atoms with Crippen LogP contribution in [0.1, 0.15) is 6.42 Å². The van der Waals surface area contributed by atoms with E-state index in [9.17, 15) is 4.79 Å². The standard InChI is InChI=1S/C10H19N3O/c1-12-3-2-9(7-12)10(14)13-5-8(4-11)6-13/h8-9H,2-7,11H2,1H3. The molecular formula is C10H19N3O. The van der Waals surface area contributed by atoms with Gasteiger partial charge in [-0.15, -0.1) is 0 Å². The molecule has 4 heteroatoms. The second kappa shape index (κ2) is 3.87. The van der Waals surface area contributed by atoms with E-state index in [-0.39, 0.29) is 5.92 Å². The molecule has 0 aliphatic carbocycles. The summed E-state index contributed by atoms with van der Waals surface area (Å²) < 4.78 is 0. The van der Waals surface area contributed by atoms with Crippen molar-refractivity contribution in [3.05, 3.63) is 0 Å². The van der Waals surface area contributed by atoms with Crippen molar-refractivity contribution in [3.8, 4) is 0 Å². The highest BCUT2D eigenvalue weighted by Crippen LogP contribution is 2.22. The zero-order chi connectivity index (χ0) is 10.1. The zero-order valence-electron chi connectivity index (χ0n) is 8.78. The average Bonchev–Trinajstić information content (AvgIpc) is 2.49. The van der Waals surface area contributed by atoms with Crippen LogP contribution in [0.5, 0.6) is 0 Å². The molecule has 1 atom stereocenters. The number of carbonyl (C=O) groups is 1. The molecular weight excluding hydrogens is 178 g/mol. The Morgan fingerprint density at radius 1 is 1.43 bits per heavy atom. The molecule has 2 saturated heterocycles. The topological polar surface area (TPSA) is 49.6 Å². The Hall–Kier alpha value is -0.610. The number of hydrogen-bond donors (Lipinski definition) is 1. The molecule has 2 rings (SSSR count). The predicted molar refractivity (Wildman–Crippen MR) is 54.7 cm³/mol. The number of carbonyl (C=O) groups excluding carboxylic acids is 1. The van der Waals surface area contributed by atoms with Crippen LogP contribution in [0, 0.1) is 11.8 Å². The van der Waals surface area contributed by atoms with Gasteiger partial charge in [0.2, 0.25) is 5.91 Å². The van der Waals surface area contributed by atoms with Gasteiger partial charge in [0.15, 0.2) is 0 Å². The smallest absolute Gasteiger partial charge is 0.227 e. The van der Waals surface area contributed by atoms with Crippen molar-refractivity contribution >= 4 is 5.91 Å². The highest BCUT2D eigenvalue weighted by molar-refractivity contribution is 5.80. The fourth-order valence-corrected chi connectivity index (χ4v) is 2.29. The van der Waals surface area contributed by atoms with E-state index in [4.69, 9.17) is 5.73 Å². The first kappa shape index (κ1) is 9.93. The first-order chi connectivity index (χ1) is 6.70. The number of amides is 1. The summed E-state index contributed by atoms with van der Waals surface area (Å²) in [5, 5.41) is 0. The molecule has 1 unspecified atom stereocenters. The van der Waals surface area contributed by atoms with E-state index in [2.05, 4.69) is 11.9 Å². The summed E-state index contributed by atoms with van der Waals surface area (Å²) in [6, 6.07) is 0. The lowest BCUT2D eigenvalue weighted by Gasteiger charge is -2.40. The van der Waals surface area contributed by atoms with Crippen molar-refractivity contribution in [2.45, 2.75) is 6.42 Å². The highest BCUT2D eigenvalue weighted by atomic mass is 16.2. The monoisotopic (exact) mass is 197 g/mol. The SMILES string of the molecule is CN1CCC(C(=O)N2CC(CN)C2)C1. The molecule has 4 nitrogen and oxygen atoms in total. The zero-order valence-corrected chi connectivity index (χ0v) is 8.78. The van der Waals surface area contributed by atoms with E-state index in [0.717, 1.165) is 32.6 Å². The van der Waals surface area contributed by atoms with Gasteiger partial charge in [0, 0.05) is 25.6 Å². The molecule has 0 aromatic carbocycles. The molecule has 0 radical (unpaired) electrons. The molecule has 1 amide bonds. The third kappa shape index (κ3) is 1.77. The molecule has 14 heavy (non-hydrogen) atoms. The third-order valence-electron chi connectivity index (χ3n) is 3.34. The maximum Gasteiger partial charge on any atom is 0.227 e. The predicted octanol–water partition coefficient (Wildman–Crippen LogP) is -0.645. The maximum absolute atomic E-state index is 11.9. The number of likely N-dealkylation sites (tertiary alicyclic amines) is 2. The van der Waals surface area contributed by atoms with Crippen LogP contribution in [-0.2, 0) is 4.79 Å². The highest BCUT2D eigenvalue weighted by Gasteiger charge is 2.35. The molecule has 0 aromatic rings. The van der Waals surface area contributed by atoms with Gasteiger partial charge in [-0.25, -0.2) is 0 Å². The minimum Gasteiger partial charge on any atom is -0.342 e. The number of nitrogens with two attached hydrogens (primary N) is 1. The first-order valence-corrected chi connectivity index (χ1v) is 5.38. The maximum atomic E-state index is 11.9. The van der Waals surface area contributed by atoms with Crippen molar-refractivity contribution in [3.63, 3.8) is 0 Å². The molecule has 2 aliphatic heterocycles. The van der Waals surface area contributed by atoms with Crippen LogP contribution < -0.4 is 5.73 Å². The minimum atomic E-state index is 0.249. The number of rotatable bonds is 2. The summed E-state index contributed by atoms with van der Waals surface area (Å²) >= 11 is 0. The van der Waals surface area contributed by atoms with Crippen molar-refractivity contribution in [2.75, 3.05) is 39.8 Å².